The van der Waals surface area contributed by atoms with Crippen LogP contribution in [0.3, 0.4) is 0 Å². The van der Waals surface area contributed by atoms with Gasteiger partial charge in [-0.05, 0) is 54.5 Å². The van der Waals surface area contributed by atoms with Crippen molar-refractivity contribution in [3.05, 3.63) is 65.7 Å². The van der Waals surface area contributed by atoms with Gasteiger partial charge in [0.15, 0.2) is 0 Å². The topological polar surface area (TPSA) is 185 Å². The van der Waals surface area contributed by atoms with Crippen LogP contribution in [0.15, 0.2) is 54.6 Å². The summed E-state index contributed by atoms with van der Waals surface area (Å²) in [5, 5.41) is 5.26. The van der Waals surface area contributed by atoms with Gasteiger partial charge in [-0.1, -0.05) is 12.1 Å². The Morgan fingerprint density at radius 3 is 1.79 bits per heavy atom. The number of carbonyl (C=O) groups excluding carboxylic acids is 2. The molecule has 0 bridgehead atoms. The lowest BCUT2D eigenvalue weighted by atomic mass is 10.2. The summed E-state index contributed by atoms with van der Waals surface area (Å²) < 4.78 is 68.2. The predicted octanol–water partition coefficient (Wildman–Crippen LogP) is 0.999. The quantitative estimate of drug-likeness (QED) is 0.197. The second-order valence-electron chi connectivity index (χ2n) is 6.35. The first-order valence-corrected chi connectivity index (χ1v) is 11.9. The Hall–Kier alpha value is -3.46. The molecule has 4 N–H and O–H groups in total. The van der Waals surface area contributed by atoms with Crippen LogP contribution in [0.4, 0.5) is 0 Å². The van der Waals surface area contributed by atoms with E-state index >= 15 is 0 Å². The molecule has 0 fully saturated rings. The van der Waals surface area contributed by atoms with E-state index in [1.807, 2.05) is 0 Å². The Bertz CT molecular complexity index is 1210. The zero-order valence-corrected chi connectivity index (χ0v) is 18.5. The summed E-state index contributed by atoms with van der Waals surface area (Å²) in [7, 11) is -9.24. The van der Waals surface area contributed by atoms with Crippen LogP contribution in [0, 0.1) is 0 Å². The van der Waals surface area contributed by atoms with Gasteiger partial charge in [-0.3, -0.25) is 18.7 Å². The third-order valence-corrected chi connectivity index (χ3v) is 4.57. The number of nitrogens with one attached hydrogen (secondary N) is 2. The second kappa shape index (κ2) is 11.4. The molecule has 2 amide bonds. The summed E-state index contributed by atoms with van der Waals surface area (Å²) in [6.45, 7) is 0.549. The van der Waals surface area contributed by atoms with Gasteiger partial charge in [0.05, 0.1) is 0 Å². The van der Waals surface area contributed by atoms with E-state index in [0.717, 1.165) is 0 Å². The molecule has 0 atom stereocenters. The molecular weight excluding hydrogens is 480 g/mol. The maximum Gasteiger partial charge on any atom is 0.446 e. The number of rotatable bonds is 11. The van der Waals surface area contributed by atoms with E-state index in [2.05, 4.69) is 19.0 Å². The van der Waals surface area contributed by atoms with E-state index in [-0.39, 0.29) is 36.1 Å². The van der Waals surface area contributed by atoms with E-state index in [0.29, 0.717) is 12.0 Å². The molecule has 0 aromatic heterocycles. The van der Waals surface area contributed by atoms with Crippen molar-refractivity contribution in [2.75, 3.05) is 13.1 Å². The molecule has 2 aromatic carbocycles. The molecule has 2 aromatic rings. The van der Waals surface area contributed by atoms with E-state index in [1.54, 1.807) is 0 Å². The van der Waals surface area contributed by atoms with Crippen LogP contribution in [0.1, 0.15) is 22.3 Å². The van der Waals surface area contributed by atoms with Crippen molar-refractivity contribution in [1.82, 2.24) is 10.6 Å². The maximum atomic E-state index is 12.0. The fourth-order valence-electron chi connectivity index (χ4n) is 2.37. The smallest absolute Gasteiger partial charge is 0.362 e. The van der Waals surface area contributed by atoms with Gasteiger partial charge in [-0.15, -0.1) is 0 Å². The molecule has 0 unspecified atom stereocenters. The second-order valence-corrected chi connectivity index (χ2v) is 8.39. The summed E-state index contributed by atoms with van der Waals surface area (Å²) >= 11 is 0. The third-order valence-electron chi connectivity index (χ3n) is 3.77. The molecule has 0 aliphatic rings. The third kappa shape index (κ3) is 10.6. The number of benzene rings is 2. The molecule has 0 radical (unpaired) electrons. The molecule has 0 spiro atoms. The number of hydrogen-bond donors (Lipinski definition) is 4. The summed E-state index contributed by atoms with van der Waals surface area (Å²) in [6, 6.07) is 10.7. The largest absolute Gasteiger partial charge is 0.446 e. The predicted molar refractivity (Wildman–Crippen MR) is 116 cm³/mol. The normalized spacial score (nSPS) is 11.7. The summed E-state index contributed by atoms with van der Waals surface area (Å²) in [5.74, 6) is -1.02. The summed E-state index contributed by atoms with van der Waals surface area (Å²) in [6.07, 6.45) is 3.20. The zero-order chi connectivity index (χ0) is 24.5. The lowest BCUT2D eigenvalue weighted by molar-refractivity contribution is -0.116. The first-order valence-electron chi connectivity index (χ1n) is 9.19. The minimum Gasteiger partial charge on any atom is -0.362 e. The fraction of sp³-hybridized carbons (Fsp3) is 0.158. The minimum atomic E-state index is -4.64. The molecule has 178 valence electrons. The molecule has 2 rings (SSSR count). The average molecular weight is 501 g/mol. The lowest BCUT2D eigenvalue weighted by Gasteiger charge is -2.07. The van der Waals surface area contributed by atoms with E-state index < -0.39 is 26.7 Å². The van der Waals surface area contributed by atoms with Gasteiger partial charge in [0.25, 0.3) is 5.91 Å². The van der Waals surface area contributed by atoms with Gasteiger partial charge >= 0.3 is 20.8 Å². The SMILES string of the molecule is O=C(/C=C/c1ccc(OS(=O)(=O)O)cc1)NCCCNC(=O)c1ccc(OS(=O)(=O)O)cc1. The highest BCUT2D eigenvalue weighted by atomic mass is 32.3. The highest BCUT2D eigenvalue weighted by Crippen LogP contribution is 2.15. The van der Waals surface area contributed by atoms with Crippen molar-refractivity contribution in [3.8, 4) is 11.5 Å². The number of hydrogen-bond acceptors (Lipinski definition) is 8. The van der Waals surface area contributed by atoms with Crippen LogP contribution in [-0.4, -0.2) is 50.8 Å². The van der Waals surface area contributed by atoms with Gasteiger partial charge < -0.3 is 19.0 Å². The molecule has 0 saturated carbocycles. The highest BCUT2D eigenvalue weighted by Gasteiger charge is 2.09. The zero-order valence-electron chi connectivity index (χ0n) is 16.9. The van der Waals surface area contributed by atoms with Crippen molar-refractivity contribution in [3.63, 3.8) is 0 Å². The first-order chi connectivity index (χ1) is 15.4. The van der Waals surface area contributed by atoms with Gasteiger partial charge in [0.2, 0.25) is 5.91 Å². The van der Waals surface area contributed by atoms with Crippen molar-refractivity contribution in [2.24, 2.45) is 0 Å². The summed E-state index contributed by atoms with van der Waals surface area (Å²) in [5.41, 5.74) is 0.839. The van der Waals surface area contributed by atoms with Crippen LogP contribution in [-0.2, 0) is 25.6 Å². The molecule has 0 aliphatic heterocycles. The molecular formula is C19H20N2O10S2. The van der Waals surface area contributed by atoms with Crippen LogP contribution in [0.2, 0.25) is 0 Å². The Labute approximate surface area is 190 Å². The maximum absolute atomic E-state index is 12.0. The van der Waals surface area contributed by atoms with E-state index in [1.165, 1.54) is 60.7 Å². The molecule has 0 heterocycles. The van der Waals surface area contributed by atoms with E-state index in [4.69, 9.17) is 9.11 Å². The van der Waals surface area contributed by atoms with Crippen molar-refractivity contribution in [2.45, 2.75) is 6.42 Å². The van der Waals surface area contributed by atoms with Gasteiger partial charge in [0.1, 0.15) is 11.5 Å². The molecule has 12 nitrogen and oxygen atoms in total. The molecule has 0 saturated heterocycles. The van der Waals surface area contributed by atoms with Gasteiger partial charge in [0, 0.05) is 24.7 Å². The van der Waals surface area contributed by atoms with Crippen LogP contribution < -0.4 is 19.0 Å². The highest BCUT2D eigenvalue weighted by molar-refractivity contribution is 7.81. The van der Waals surface area contributed by atoms with Crippen LogP contribution >= 0.6 is 0 Å². The number of carbonyl (C=O) groups is 2. The Balaban J connectivity index is 1.69. The Kier molecular flexibility index (Phi) is 8.93. The average Bonchev–Trinajstić information content (AvgIpc) is 2.71. The molecule has 33 heavy (non-hydrogen) atoms. The fourth-order valence-corrected chi connectivity index (χ4v) is 3.08. The minimum absolute atomic E-state index is 0.0801. The Morgan fingerprint density at radius 2 is 1.27 bits per heavy atom. The summed E-state index contributed by atoms with van der Waals surface area (Å²) in [4.78, 5) is 23.8. The molecule has 14 heteroatoms. The monoisotopic (exact) mass is 500 g/mol. The molecule has 0 aliphatic carbocycles. The standard InChI is InChI=1S/C19H20N2O10S2/c22-18(11-4-14-2-7-16(8-3-14)30-32(24,25)26)20-12-1-13-21-19(23)15-5-9-17(10-6-15)31-33(27,28)29/h2-11H,1,12-13H2,(H,20,22)(H,21,23)(H,24,25,26)(H,27,28,29)/b11-4+. The van der Waals surface area contributed by atoms with E-state index in [9.17, 15) is 26.4 Å². The van der Waals surface area contributed by atoms with Gasteiger partial charge in [-0.2, -0.15) is 16.8 Å². The Morgan fingerprint density at radius 1 is 0.788 bits per heavy atom. The van der Waals surface area contributed by atoms with Gasteiger partial charge in [-0.25, -0.2) is 0 Å². The van der Waals surface area contributed by atoms with Crippen molar-refractivity contribution < 1.29 is 43.9 Å². The lowest BCUT2D eigenvalue weighted by Crippen LogP contribution is -2.29. The van der Waals surface area contributed by atoms with Crippen molar-refractivity contribution >= 4 is 38.7 Å². The van der Waals surface area contributed by atoms with Crippen LogP contribution in [0.5, 0.6) is 11.5 Å². The number of amides is 2. The van der Waals surface area contributed by atoms with Crippen LogP contribution in [0.25, 0.3) is 6.08 Å². The van der Waals surface area contributed by atoms with Crippen molar-refractivity contribution in [1.29, 1.82) is 0 Å². The first kappa shape index (κ1) is 25.8.